The molecule has 0 aliphatic rings. The molecule has 0 aliphatic carbocycles. The molecule has 0 bridgehead atoms. The van der Waals surface area contributed by atoms with Gasteiger partial charge in [0.1, 0.15) is 17.0 Å². The molecule has 220 valence electrons. The molecule has 3 amide bonds. The van der Waals surface area contributed by atoms with Gasteiger partial charge in [0.25, 0.3) is 0 Å². The number of carbonyl (C=O) groups is 3. The van der Waals surface area contributed by atoms with Gasteiger partial charge >= 0.3 is 12.2 Å². The van der Waals surface area contributed by atoms with Crippen molar-refractivity contribution in [3.63, 3.8) is 0 Å². The van der Waals surface area contributed by atoms with Gasteiger partial charge in [-0.1, -0.05) is 42.5 Å². The van der Waals surface area contributed by atoms with E-state index in [9.17, 15) is 18.8 Å². The number of carbonyl (C=O) groups excluding carboxylic acids is 3. The number of ether oxygens (including phenoxy) is 2. The van der Waals surface area contributed by atoms with Gasteiger partial charge in [0.15, 0.2) is 0 Å². The van der Waals surface area contributed by atoms with Crippen molar-refractivity contribution in [3.05, 3.63) is 59.9 Å². The van der Waals surface area contributed by atoms with E-state index in [0.717, 1.165) is 5.56 Å². The van der Waals surface area contributed by atoms with E-state index in [1.165, 1.54) is 6.07 Å². The number of alkyl carbamates (subject to hydrolysis) is 1. The molecule has 0 heterocycles. The van der Waals surface area contributed by atoms with Crippen molar-refractivity contribution in [1.82, 2.24) is 15.5 Å². The number of amides is 3. The van der Waals surface area contributed by atoms with Gasteiger partial charge in [-0.2, -0.15) is 0 Å². The number of halogens is 1. The molecule has 0 aliphatic heterocycles. The van der Waals surface area contributed by atoms with E-state index >= 15 is 0 Å². The Balaban J connectivity index is 1.87. The Morgan fingerprint density at radius 2 is 1.43 bits per heavy atom. The van der Waals surface area contributed by atoms with Gasteiger partial charge in [-0.3, -0.25) is 4.79 Å². The third-order valence-electron chi connectivity index (χ3n) is 5.80. The lowest BCUT2D eigenvalue weighted by Crippen LogP contribution is -2.40. The van der Waals surface area contributed by atoms with Crippen LogP contribution in [0.15, 0.2) is 48.5 Å². The van der Waals surface area contributed by atoms with Crippen LogP contribution in [0.2, 0.25) is 0 Å². The lowest BCUT2D eigenvalue weighted by atomic mass is 9.96. The number of benzene rings is 2. The maximum atomic E-state index is 14.8. The maximum absolute atomic E-state index is 14.8. The van der Waals surface area contributed by atoms with E-state index in [4.69, 9.17) is 9.47 Å². The topological polar surface area (TPSA) is 97.0 Å². The molecule has 1 unspecified atom stereocenters. The zero-order valence-electron chi connectivity index (χ0n) is 24.8. The molecule has 40 heavy (non-hydrogen) atoms. The molecule has 0 aromatic heterocycles. The van der Waals surface area contributed by atoms with Crippen molar-refractivity contribution >= 4 is 18.1 Å². The first kappa shape index (κ1) is 32.6. The molecule has 8 nitrogen and oxygen atoms in total. The number of nitrogens with zero attached hydrogens (tertiary/aromatic N) is 1. The average molecular weight is 558 g/mol. The number of rotatable bonds is 11. The average Bonchev–Trinajstić information content (AvgIpc) is 2.85. The number of hydrogen-bond acceptors (Lipinski definition) is 5. The van der Waals surface area contributed by atoms with Gasteiger partial charge in [0, 0.05) is 31.7 Å². The highest BCUT2D eigenvalue weighted by Gasteiger charge is 2.23. The lowest BCUT2D eigenvalue weighted by Gasteiger charge is -2.27. The van der Waals surface area contributed by atoms with Crippen LogP contribution < -0.4 is 10.6 Å². The fraction of sp³-hybridized carbons (Fsp3) is 0.516. The van der Waals surface area contributed by atoms with E-state index in [1.807, 2.05) is 30.3 Å². The second-order valence-electron chi connectivity index (χ2n) is 11.7. The molecule has 2 aromatic carbocycles. The fourth-order valence-corrected chi connectivity index (χ4v) is 3.83. The Hall–Kier alpha value is -3.62. The summed E-state index contributed by atoms with van der Waals surface area (Å²) in [5.74, 6) is -1.14. The minimum Gasteiger partial charge on any atom is -0.444 e. The third-order valence-corrected chi connectivity index (χ3v) is 5.80. The van der Waals surface area contributed by atoms with E-state index in [2.05, 4.69) is 10.6 Å². The van der Waals surface area contributed by atoms with Gasteiger partial charge in [-0.05, 0) is 78.5 Å². The smallest absolute Gasteiger partial charge is 0.410 e. The minimum atomic E-state index is -0.654. The first-order valence-electron chi connectivity index (χ1n) is 13.7. The minimum absolute atomic E-state index is 0.225. The van der Waals surface area contributed by atoms with Crippen molar-refractivity contribution in [3.8, 4) is 11.1 Å². The molecule has 2 rings (SSSR count). The van der Waals surface area contributed by atoms with Crippen LogP contribution in [-0.4, -0.2) is 60.4 Å². The van der Waals surface area contributed by atoms with Gasteiger partial charge in [0.05, 0.1) is 5.92 Å². The van der Waals surface area contributed by atoms with Gasteiger partial charge in [0.2, 0.25) is 5.91 Å². The Morgan fingerprint density at radius 1 is 0.850 bits per heavy atom. The van der Waals surface area contributed by atoms with Gasteiger partial charge < -0.3 is 25.0 Å². The van der Waals surface area contributed by atoms with Gasteiger partial charge in [-0.25, -0.2) is 14.0 Å². The van der Waals surface area contributed by atoms with E-state index in [0.29, 0.717) is 50.1 Å². The highest BCUT2D eigenvalue weighted by Crippen LogP contribution is 2.26. The Morgan fingerprint density at radius 3 is 1.98 bits per heavy atom. The summed E-state index contributed by atoms with van der Waals surface area (Å²) in [6.07, 6.45) is 0.0338. The van der Waals surface area contributed by atoms with Crippen molar-refractivity contribution in [2.45, 2.75) is 78.4 Å². The Kier molecular flexibility index (Phi) is 12.0. The van der Waals surface area contributed by atoms with Crippen molar-refractivity contribution in [2.75, 3.05) is 26.2 Å². The lowest BCUT2D eigenvalue weighted by molar-refractivity contribution is -0.122. The first-order chi connectivity index (χ1) is 18.7. The molecule has 2 aromatic rings. The quantitative estimate of drug-likeness (QED) is 0.318. The van der Waals surface area contributed by atoms with Crippen LogP contribution in [0.3, 0.4) is 0 Å². The molecule has 0 fully saturated rings. The monoisotopic (exact) mass is 557 g/mol. The number of hydrogen-bond donors (Lipinski definition) is 2. The predicted octanol–water partition coefficient (Wildman–Crippen LogP) is 6.25. The SMILES string of the molecule is CC(C(=O)NCCCN(CCCNC(=O)OC(C)(C)C)C(=O)OC(C)(C)C)c1ccc(-c2ccccc2)c(F)c1. The molecule has 1 atom stereocenters. The van der Waals surface area contributed by atoms with Crippen molar-refractivity contribution in [1.29, 1.82) is 0 Å². The summed E-state index contributed by atoms with van der Waals surface area (Å²) in [7, 11) is 0. The molecule has 2 N–H and O–H groups in total. The van der Waals surface area contributed by atoms with Crippen LogP contribution in [0.25, 0.3) is 11.1 Å². The normalized spacial score (nSPS) is 12.3. The van der Waals surface area contributed by atoms with Crippen LogP contribution in [0.4, 0.5) is 14.0 Å². The summed E-state index contributed by atoms with van der Waals surface area (Å²) in [4.78, 5) is 38.9. The molecule has 0 saturated carbocycles. The summed E-state index contributed by atoms with van der Waals surface area (Å²) < 4.78 is 25.5. The van der Waals surface area contributed by atoms with Crippen LogP contribution in [-0.2, 0) is 14.3 Å². The van der Waals surface area contributed by atoms with Crippen LogP contribution >= 0.6 is 0 Å². The summed E-state index contributed by atoms with van der Waals surface area (Å²) in [5.41, 5.74) is 0.606. The molecule has 0 spiro atoms. The largest absolute Gasteiger partial charge is 0.444 e. The molecule has 0 radical (unpaired) electrons. The summed E-state index contributed by atoms with van der Waals surface area (Å²) in [6.45, 7) is 13.9. The van der Waals surface area contributed by atoms with Crippen molar-refractivity contribution < 1.29 is 28.2 Å². The second kappa shape index (κ2) is 14.7. The third kappa shape index (κ3) is 11.6. The second-order valence-corrected chi connectivity index (χ2v) is 11.7. The Bertz CT molecular complexity index is 1130. The first-order valence-corrected chi connectivity index (χ1v) is 13.7. The summed E-state index contributed by atoms with van der Waals surface area (Å²) in [5, 5.41) is 5.56. The molecular formula is C31H44FN3O5. The number of nitrogens with one attached hydrogen (secondary N) is 2. The highest BCUT2D eigenvalue weighted by atomic mass is 19.1. The van der Waals surface area contributed by atoms with Crippen LogP contribution in [0, 0.1) is 5.82 Å². The fourth-order valence-electron chi connectivity index (χ4n) is 3.83. The molecular weight excluding hydrogens is 513 g/mol. The van der Waals surface area contributed by atoms with E-state index in [-0.39, 0.29) is 11.7 Å². The van der Waals surface area contributed by atoms with Gasteiger partial charge in [-0.15, -0.1) is 0 Å². The van der Waals surface area contributed by atoms with E-state index in [1.54, 1.807) is 65.5 Å². The van der Waals surface area contributed by atoms with Crippen LogP contribution in [0.1, 0.15) is 72.8 Å². The highest BCUT2D eigenvalue weighted by molar-refractivity contribution is 5.83. The standard InChI is InChI=1S/C31H44FN3O5/c1-22(24-15-16-25(26(32)21-24)23-13-9-8-10-14-23)27(36)33-17-11-19-35(29(38)40-31(5,6)7)20-12-18-34-28(37)39-30(2,3)4/h8-10,13-16,21-22H,11-12,17-20H2,1-7H3,(H,33,36)(H,34,37). The summed E-state index contributed by atoms with van der Waals surface area (Å²) >= 11 is 0. The molecule has 0 saturated heterocycles. The molecule has 9 heteroatoms. The maximum Gasteiger partial charge on any atom is 0.410 e. The summed E-state index contributed by atoms with van der Waals surface area (Å²) in [6, 6.07) is 14.1. The zero-order valence-corrected chi connectivity index (χ0v) is 24.8. The predicted molar refractivity (Wildman–Crippen MR) is 155 cm³/mol. The van der Waals surface area contributed by atoms with Crippen LogP contribution in [0.5, 0.6) is 0 Å². The van der Waals surface area contributed by atoms with Crippen molar-refractivity contribution in [2.24, 2.45) is 0 Å². The van der Waals surface area contributed by atoms with E-state index < -0.39 is 29.3 Å². The Labute approximate surface area is 237 Å². The zero-order chi connectivity index (χ0) is 29.9.